The summed E-state index contributed by atoms with van der Waals surface area (Å²) in [6, 6.07) is 5.16. The maximum absolute atomic E-state index is 13.4. The normalized spacial score (nSPS) is 27.8. The van der Waals surface area contributed by atoms with Crippen LogP contribution in [0.1, 0.15) is 18.4 Å². The van der Waals surface area contributed by atoms with Crippen molar-refractivity contribution in [3.63, 3.8) is 0 Å². The van der Waals surface area contributed by atoms with Gasteiger partial charge in [0.05, 0.1) is 54.4 Å². The molecule has 1 N–H and O–H groups in total. The summed E-state index contributed by atoms with van der Waals surface area (Å²) in [4.78, 5) is 31.1. The smallest absolute Gasteiger partial charge is 0.317 e. The van der Waals surface area contributed by atoms with Gasteiger partial charge in [-0.2, -0.15) is 0 Å². The van der Waals surface area contributed by atoms with Crippen molar-refractivity contribution in [3.05, 3.63) is 33.8 Å². The molecule has 3 aliphatic rings. The Balaban J connectivity index is 1.57. The Bertz CT molecular complexity index is 802. The van der Waals surface area contributed by atoms with Crippen LogP contribution in [0.5, 0.6) is 0 Å². The average Bonchev–Trinajstić information content (AvgIpc) is 3.25. The zero-order valence-electron chi connectivity index (χ0n) is 16.8. The molecule has 0 bridgehead atoms. The molecule has 3 fully saturated rings. The number of nitrogens with zero attached hydrogens (tertiary/aromatic N) is 3. The first-order valence-corrected chi connectivity index (χ1v) is 11.2. The number of hydrogen-bond donors (Lipinski definition) is 1. The maximum atomic E-state index is 13.4. The van der Waals surface area contributed by atoms with Gasteiger partial charge >= 0.3 is 5.97 Å². The molecule has 9 heteroatoms. The van der Waals surface area contributed by atoms with E-state index < -0.39 is 5.97 Å². The number of amides is 1. The Morgan fingerprint density at radius 1 is 1.03 bits per heavy atom. The number of likely N-dealkylation sites (tertiary alicyclic amines) is 1. The van der Waals surface area contributed by atoms with Gasteiger partial charge in [-0.1, -0.05) is 29.3 Å². The Labute approximate surface area is 186 Å². The zero-order chi connectivity index (χ0) is 21.3. The molecule has 0 saturated carbocycles. The molecule has 4 rings (SSSR count). The lowest BCUT2D eigenvalue weighted by molar-refractivity contribution is -0.156. The van der Waals surface area contributed by atoms with E-state index in [1.165, 1.54) is 0 Å². The number of hydrogen-bond acceptors (Lipinski definition) is 5. The minimum absolute atomic E-state index is 0.0319. The highest BCUT2D eigenvalue weighted by atomic mass is 35.5. The van der Waals surface area contributed by atoms with E-state index in [4.69, 9.17) is 27.9 Å². The van der Waals surface area contributed by atoms with Crippen LogP contribution in [0.2, 0.25) is 10.0 Å². The molecule has 1 unspecified atom stereocenters. The summed E-state index contributed by atoms with van der Waals surface area (Å²) < 4.78 is 5.90. The first-order chi connectivity index (χ1) is 14.4. The van der Waals surface area contributed by atoms with Crippen molar-refractivity contribution in [3.8, 4) is 0 Å². The Morgan fingerprint density at radius 3 is 2.47 bits per heavy atom. The lowest BCUT2D eigenvalue weighted by Crippen LogP contribution is -2.72. The highest BCUT2D eigenvalue weighted by Crippen LogP contribution is 2.30. The van der Waals surface area contributed by atoms with Crippen molar-refractivity contribution in [2.45, 2.75) is 37.4 Å². The van der Waals surface area contributed by atoms with E-state index in [0.717, 1.165) is 31.5 Å². The molecule has 3 saturated heterocycles. The molecule has 7 nitrogen and oxygen atoms in total. The lowest BCUT2D eigenvalue weighted by Gasteiger charge is -2.54. The van der Waals surface area contributed by atoms with Crippen molar-refractivity contribution in [1.82, 2.24) is 14.7 Å². The van der Waals surface area contributed by atoms with Crippen molar-refractivity contribution in [2.24, 2.45) is 0 Å². The topological polar surface area (TPSA) is 73.3 Å². The fourth-order valence-corrected chi connectivity index (χ4v) is 5.35. The van der Waals surface area contributed by atoms with E-state index in [-0.39, 0.29) is 37.0 Å². The SMILES string of the molecule is O=C(O)CN1CCN(C(=O)Cc2ccc(Cl)c(Cl)c2)[C@H]2C1COC[C@@H]2N1CCCC1. The summed E-state index contributed by atoms with van der Waals surface area (Å²) in [6.07, 6.45) is 2.53. The van der Waals surface area contributed by atoms with E-state index in [1.54, 1.807) is 12.1 Å². The predicted octanol–water partition coefficient (Wildman–Crippen LogP) is 2.00. The summed E-state index contributed by atoms with van der Waals surface area (Å²) in [5.74, 6) is -0.822. The van der Waals surface area contributed by atoms with E-state index in [1.807, 2.05) is 15.9 Å². The molecule has 3 aliphatic heterocycles. The summed E-state index contributed by atoms with van der Waals surface area (Å²) >= 11 is 12.1. The van der Waals surface area contributed by atoms with Gasteiger partial charge in [-0.05, 0) is 43.6 Å². The minimum atomic E-state index is -0.854. The van der Waals surface area contributed by atoms with Gasteiger partial charge in [0.15, 0.2) is 0 Å². The van der Waals surface area contributed by atoms with Gasteiger partial charge in [-0.25, -0.2) is 0 Å². The van der Waals surface area contributed by atoms with Crippen LogP contribution in [0.4, 0.5) is 0 Å². The van der Waals surface area contributed by atoms with Crippen molar-refractivity contribution < 1.29 is 19.4 Å². The van der Waals surface area contributed by atoms with Crippen LogP contribution in [0.15, 0.2) is 18.2 Å². The Hall–Kier alpha value is -1.38. The van der Waals surface area contributed by atoms with Crippen LogP contribution < -0.4 is 0 Å². The number of aliphatic carboxylic acids is 1. The fourth-order valence-electron chi connectivity index (χ4n) is 5.03. The van der Waals surface area contributed by atoms with Crippen LogP contribution in [-0.4, -0.2) is 95.7 Å². The molecule has 1 aromatic carbocycles. The van der Waals surface area contributed by atoms with Gasteiger partial charge in [0.25, 0.3) is 0 Å². The molecular formula is C21H27Cl2N3O4. The molecule has 0 aliphatic carbocycles. The molecule has 1 amide bonds. The van der Waals surface area contributed by atoms with E-state index in [2.05, 4.69) is 4.90 Å². The second-order valence-corrected chi connectivity index (χ2v) is 9.10. The maximum Gasteiger partial charge on any atom is 0.317 e. The number of benzene rings is 1. The van der Waals surface area contributed by atoms with Crippen LogP contribution in [0.25, 0.3) is 0 Å². The molecule has 0 radical (unpaired) electrons. The second kappa shape index (κ2) is 9.40. The molecule has 0 spiro atoms. The van der Waals surface area contributed by atoms with Crippen molar-refractivity contribution >= 4 is 35.1 Å². The first-order valence-electron chi connectivity index (χ1n) is 10.4. The molecule has 3 atom stereocenters. The Kier molecular flexibility index (Phi) is 6.85. The quantitative estimate of drug-likeness (QED) is 0.731. The molecule has 164 valence electrons. The monoisotopic (exact) mass is 455 g/mol. The summed E-state index contributed by atoms with van der Waals surface area (Å²) in [6.45, 7) is 4.00. The number of halogens is 2. The average molecular weight is 456 g/mol. The molecule has 30 heavy (non-hydrogen) atoms. The number of carboxylic acid groups (broad SMARTS) is 1. The standard InChI is InChI=1S/C21H27Cl2N3O4/c22-15-4-3-14(9-16(15)23)10-19(27)26-8-7-25(11-20(28)29)18-13-30-12-17(21(18)26)24-5-1-2-6-24/h3-4,9,17-18,21H,1-2,5-8,10-13H2,(H,28,29)/t17-,18?,21+/m0/s1. The largest absolute Gasteiger partial charge is 0.480 e. The van der Waals surface area contributed by atoms with Crippen LogP contribution in [-0.2, 0) is 20.7 Å². The second-order valence-electron chi connectivity index (χ2n) is 8.28. The minimum Gasteiger partial charge on any atom is -0.480 e. The number of ether oxygens (including phenoxy) is 1. The van der Waals surface area contributed by atoms with Crippen LogP contribution in [0.3, 0.4) is 0 Å². The first kappa shape index (κ1) is 21.8. The highest BCUT2D eigenvalue weighted by molar-refractivity contribution is 6.42. The summed E-state index contributed by atoms with van der Waals surface area (Å²) in [5, 5.41) is 10.3. The Morgan fingerprint density at radius 2 is 1.77 bits per heavy atom. The molecular weight excluding hydrogens is 429 g/mol. The van der Waals surface area contributed by atoms with Crippen molar-refractivity contribution in [1.29, 1.82) is 0 Å². The third-order valence-corrected chi connectivity index (χ3v) is 7.17. The number of rotatable bonds is 5. The molecule has 1 aromatic rings. The van der Waals surface area contributed by atoms with Gasteiger partial charge in [0.1, 0.15) is 0 Å². The number of piperazine rings is 1. The molecule has 3 heterocycles. The van der Waals surface area contributed by atoms with Crippen LogP contribution >= 0.6 is 23.2 Å². The van der Waals surface area contributed by atoms with Crippen molar-refractivity contribution in [2.75, 3.05) is 45.9 Å². The van der Waals surface area contributed by atoms with Gasteiger partial charge in [-0.15, -0.1) is 0 Å². The van der Waals surface area contributed by atoms with E-state index >= 15 is 0 Å². The third-order valence-electron chi connectivity index (χ3n) is 6.43. The van der Waals surface area contributed by atoms with E-state index in [0.29, 0.717) is 36.3 Å². The summed E-state index contributed by atoms with van der Waals surface area (Å²) in [5.41, 5.74) is 0.823. The number of fused-ring (bicyclic) bond motifs is 1. The van der Waals surface area contributed by atoms with Gasteiger partial charge in [0, 0.05) is 13.1 Å². The number of carbonyl (C=O) groups is 2. The third kappa shape index (κ3) is 4.60. The zero-order valence-corrected chi connectivity index (χ0v) is 18.3. The summed E-state index contributed by atoms with van der Waals surface area (Å²) in [7, 11) is 0. The van der Waals surface area contributed by atoms with Gasteiger partial charge < -0.3 is 14.7 Å². The van der Waals surface area contributed by atoms with Gasteiger partial charge in [-0.3, -0.25) is 19.4 Å². The van der Waals surface area contributed by atoms with Gasteiger partial charge in [0.2, 0.25) is 5.91 Å². The fraction of sp³-hybridized carbons (Fsp3) is 0.619. The van der Waals surface area contributed by atoms with E-state index in [9.17, 15) is 14.7 Å². The number of carboxylic acids is 1. The lowest BCUT2D eigenvalue weighted by atomic mass is 9.91. The molecule has 0 aromatic heterocycles. The predicted molar refractivity (Wildman–Crippen MR) is 114 cm³/mol. The number of carbonyl (C=O) groups excluding carboxylic acids is 1. The highest BCUT2D eigenvalue weighted by Gasteiger charge is 2.48. The van der Waals surface area contributed by atoms with Crippen LogP contribution in [0, 0.1) is 0 Å².